The van der Waals surface area contributed by atoms with E-state index in [-0.39, 0.29) is 10.6 Å². The number of hydrogen-bond acceptors (Lipinski definition) is 4. The second-order valence-electron chi connectivity index (χ2n) is 3.86. The minimum absolute atomic E-state index is 0.140. The van der Waals surface area contributed by atoms with Crippen LogP contribution in [0.1, 0.15) is 18.1 Å². The molecule has 1 aromatic carbocycles. The van der Waals surface area contributed by atoms with Gasteiger partial charge in [-0.1, -0.05) is 6.92 Å². The van der Waals surface area contributed by atoms with Gasteiger partial charge in [0.2, 0.25) is 0 Å². The molecule has 1 N–H and O–H groups in total. The third-order valence-electron chi connectivity index (χ3n) is 2.48. The van der Waals surface area contributed by atoms with Crippen molar-refractivity contribution in [2.24, 2.45) is 0 Å². The average molecular weight is 238 g/mol. The van der Waals surface area contributed by atoms with Gasteiger partial charge in [-0.25, -0.2) is 0 Å². The van der Waals surface area contributed by atoms with Crippen molar-refractivity contribution in [3.05, 3.63) is 33.4 Å². The van der Waals surface area contributed by atoms with Gasteiger partial charge < -0.3 is 10.1 Å². The van der Waals surface area contributed by atoms with Crippen molar-refractivity contribution in [2.45, 2.75) is 20.8 Å². The molecule has 0 amide bonds. The molecule has 5 heteroatoms. The molecule has 1 aromatic rings. The molecule has 0 spiro atoms. The largest absolute Gasteiger partial charge is 0.492 e. The van der Waals surface area contributed by atoms with Crippen LogP contribution >= 0.6 is 0 Å². The van der Waals surface area contributed by atoms with Crippen molar-refractivity contribution in [1.82, 2.24) is 5.32 Å². The SMILES string of the molecule is CCNCCOc1cc(C)c([N+](=O)[O-])cc1C. The Morgan fingerprint density at radius 2 is 2.06 bits per heavy atom. The first-order valence-corrected chi connectivity index (χ1v) is 5.65. The molecule has 0 aliphatic rings. The Balaban J connectivity index is 2.74. The Labute approximate surface area is 101 Å². The van der Waals surface area contributed by atoms with Crippen LogP contribution in [0.5, 0.6) is 5.75 Å². The number of nitro benzene ring substituents is 1. The maximum Gasteiger partial charge on any atom is 0.272 e. The van der Waals surface area contributed by atoms with Gasteiger partial charge in [0.25, 0.3) is 5.69 Å². The molecule has 0 heterocycles. The fourth-order valence-electron chi connectivity index (χ4n) is 1.54. The third-order valence-corrected chi connectivity index (χ3v) is 2.48. The Kier molecular flexibility index (Phi) is 4.90. The number of aryl methyl sites for hydroxylation is 2. The number of hydrogen-bond donors (Lipinski definition) is 1. The van der Waals surface area contributed by atoms with Crippen molar-refractivity contribution in [3.63, 3.8) is 0 Å². The maximum atomic E-state index is 10.7. The number of likely N-dealkylation sites (N-methyl/N-ethyl adjacent to an activating group) is 1. The summed E-state index contributed by atoms with van der Waals surface area (Å²) in [6, 6.07) is 3.28. The molecule has 0 bridgehead atoms. The highest BCUT2D eigenvalue weighted by atomic mass is 16.6. The average Bonchev–Trinajstić information content (AvgIpc) is 2.28. The van der Waals surface area contributed by atoms with Gasteiger partial charge in [0.1, 0.15) is 12.4 Å². The molecule has 0 aliphatic heterocycles. The van der Waals surface area contributed by atoms with E-state index in [1.54, 1.807) is 19.1 Å². The van der Waals surface area contributed by atoms with Gasteiger partial charge in [0, 0.05) is 18.2 Å². The summed E-state index contributed by atoms with van der Waals surface area (Å²) in [5.74, 6) is 0.714. The molecule has 0 saturated heterocycles. The van der Waals surface area contributed by atoms with Crippen LogP contribution in [0.2, 0.25) is 0 Å². The number of nitrogens with one attached hydrogen (secondary N) is 1. The number of nitro groups is 1. The van der Waals surface area contributed by atoms with Gasteiger partial charge in [0.05, 0.1) is 4.92 Å². The summed E-state index contributed by atoms with van der Waals surface area (Å²) in [5, 5.41) is 13.9. The highest BCUT2D eigenvalue weighted by Crippen LogP contribution is 2.27. The Morgan fingerprint density at radius 1 is 1.35 bits per heavy atom. The van der Waals surface area contributed by atoms with Crippen LogP contribution in [-0.2, 0) is 0 Å². The van der Waals surface area contributed by atoms with E-state index in [1.807, 2.05) is 13.8 Å². The van der Waals surface area contributed by atoms with E-state index in [1.165, 1.54) is 0 Å². The molecule has 0 fully saturated rings. The highest BCUT2D eigenvalue weighted by molar-refractivity contribution is 5.49. The molecular weight excluding hydrogens is 220 g/mol. The quantitative estimate of drug-likeness (QED) is 0.469. The van der Waals surface area contributed by atoms with E-state index in [0.717, 1.165) is 18.7 Å². The second-order valence-corrected chi connectivity index (χ2v) is 3.86. The first-order chi connectivity index (χ1) is 8.06. The van der Waals surface area contributed by atoms with E-state index in [4.69, 9.17) is 4.74 Å². The van der Waals surface area contributed by atoms with Crippen molar-refractivity contribution in [1.29, 1.82) is 0 Å². The molecule has 0 unspecified atom stereocenters. The van der Waals surface area contributed by atoms with Gasteiger partial charge >= 0.3 is 0 Å². The van der Waals surface area contributed by atoms with E-state index < -0.39 is 0 Å². The van der Waals surface area contributed by atoms with Crippen molar-refractivity contribution in [3.8, 4) is 5.75 Å². The van der Waals surface area contributed by atoms with Crippen molar-refractivity contribution >= 4 is 5.69 Å². The lowest BCUT2D eigenvalue weighted by molar-refractivity contribution is -0.385. The number of rotatable bonds is 6. The first-order valence-electron chi connectivity index (χ1n) is 5.65. The predicted octanol–water partition coefficient (Wildman–Crippen LogP) is 2.20. The lowest BCUT2D eigenvalue weighted by atomic mass is 10.1. The fourth-order valence-corrected chi connectivity index (χ4v) is 1.54. The monoisotopic (exact) mass is 238 g/mol. The van der Waals surface area contributed by atoms with Crippen LogP contribution in [0.4, 0.5) is 5.69 Å². The van der Waals surface area contributed by atoms with Crippen molar-refractivity contribution in [2.75, 3.05) is 19.7 Å². The molecule has 0 saturated carbocycles. The van der Waals surface area contributed by atoms with E-state index in [2.05, 4.69) is 5.32 Å². The predicted molar refractivity (Wildman–Crippen MR) is 66.6 cm³/mol. The van der Waals surface area contributed by atoms with Gasteiger partial charge in [-0.05, 0) is 32.0 Å². The molecule has 0 aliphatic carbocycles. The molecule has 17 heavy (non-hydrogen) atoms. The first kappa shape index (κ1) is 13.4. The Bertz CT molecular complexity index is 405. The summed E-state index contributed by atoms with van der Waals surface area (Å²) in [4.78, 5) is 10.4. The van der Waals surface area contributed by atoms with E-state index in [0.29, 0.717) is 17.9 Å². The Morgan fingerprint density at radius 3 is 2.65 bits per heavy atom. The maximum absolute atomic E-state index is 10.7. The van der Waals surface area contributed by atoms with Gasteiger partial charge in [-0.3, -0.25) is 10.1 Å². The lowest BCUT2D eigenvalue weighted by Gasteiger charge is -2.10. The van der Waals surface area contributed by atoms with Crippen molar-refractivity contribution < 1.29 is 9.66 Å². The zero-order chi connectivity index (χ0) is 12.8. The normalized spacial score (nSPS) is 10.3. The number of benzene rings is 1. The molecular formula is C12H18N2O3. The van der Waals surface area contributed by atoms with Crippen LogP contribution < -0.4 is 10.1 Å². The van der Waals surface area contributed by atoms with E-state index in [9.17, 15) is 10.1 Å². The van der Waals surface area contributed by atoms with Gasteiger partial charge in [0.15, 0.2) is 0 Å². The molecule has 0 atom stereocenters. The molecule has 94 valence electrons. The molecule has 0 aromatic heterocycles. The molecule has 1 rings (SSSR count). The summed E-state index contributed by atoms with van der Waals surface area (Å²) < 4.78 is 5.57. The topological polar surface area (TPSA) is 64.4 Å². The van der Waals surface area contributed by atoms with Gasteiger partial charge in [-0.15, -0.1) is 0 Å². The number of nitrogens with zero attached hydrogens (tertiary/aromatic N) is 1. The Hall–Kier alpha value is -1.62. The van der Waals surface area contributed by atoms with Crippen LogP contribution in [0.3, 0.4) is 0 Å². The number of ether oxygens (including phenoxy) is 1. The summed E-state index contributed by atoms with van der Waals surface area (Å²) in [6.07, 6.45) is 0. The van der Waals surface area contributed by atoms with Crippen LogP contribution in [0.15, 0.2) is 12.1 Å². The zero-order valence-corrected chi connectivity index (χ0v) is 10.4. The second kappa shape index (κ2) is 6.20. The summed E-state index contributed by atoms with van der Waals surface area (Å²) >= 11 is 0. The molecule has 0 radical (unpaired) electrons. The minimum atomic E-state index is -0.370. The fraction of sp³-hybridized carbons (Fsp3) is 0.500. The molecule has 5 nitrogen and oxygen atoms in total. The minimum Gasteiger partial charge on any atom is -0.492 e. The van der Waals surface area contributed by atoms with Crippen LogP contribution in [0.25, 0.3) is 0 Å². The summed E-state index contributed by atoms with van der Waals surface area (Å²) in [5.41, 5.74) is 1.55. The third kappa shape index (κ3) is 3.71. The summed E-state index contributed by atoms with van der Waals surface area (Å²) in [6.45, 7) is 7.80. The van der Waals surface area contributed by atoms with Gasteiger partial charge in [-0.2, -0.15) is 0 Å². The summed E-state index contributed by atoms with van der Waals surface area (Å²) in [7, 11) is 0. The van der Waals surface area contributed by atoms with Crippen LogP contribution in [0, 0.1) is 24.0 Å². The van der Waals surface area contributed by atoms with Crippen LogP contribution in [-0.4, -0.2) is 24.6 Å². The zero-order valence-electron chi connectivity index (χ0n) is 10.4. The standard InChI is InChI=1S/C12H18N2O3/c1-4-13-5-6-17-12-8-9(2)11(14(15)16)7-10(12)3/h7-8,13H,4-6H2,1-3H3. The highest BCUT2D eigenvalue weighted by Gasteiger charge is 2.13. The lowest BCUT2D eigenvalue weighted by Crippen LogP contribution is -2.20. The smallest absolute Gasteiger partial charge is 0.272 e. The van der Waals surface area contributed by atoms with E-state index >= 15 is 0 Å².